The molecule has 198 valence electrons. The number of thiazole rings is 1. The average molecular weight is 546 g/mol. The second-order valence-corrected chi connectivity index (χ2v) is 9.21. The van der Waals surface area contributed by atoms with Crippen LogP contribution in [0, 0.1) is 5.92 Å². The van der Waals surface area contributed by atoms with Gasteiger partial charge in [0.05, 0.1) is 43.5 Å². The van der Waals surface area contributed by atoms with Crippen LogP contribution in [-0.2, 0) is 28.7 Å². The Morgan fingerprint density at radius 3 is 2.63 bits per heavy atom. The predicted molar refractivity (Wildman–Crippen MR) is 132 cm³/mol. The number of halogens is 3. The topological polar surface area (TPSA) is 115 Å². The number of nitrogens with zero attached hydrogens (tertiary/aromatic N) is 2. The highest BCUT2D eigenvalue weighted by Crippen LogP contribution is 2.38. The second kappa shape index (κ2) is 11.5. The van der Waals surface area contributed by atoms with Crippen LogP contribution in [0.1, 0.15) is 22.8 Å². The number of hydrogen-bond donors (Lipinski definition) is 2. The third-order valence-corrected chi connectivity index (χ3v) is 6.51. The molecule has 0 unspecified atom stereocenters. The molecule has 4 rings (SSSR count). The maximum absolute atomic E-state index is 13.5. The third kappa shape index (κ3) is 6.57. The van der Waals surface area contributed by atoms with Crippen molar-refractivity contribution in [3.05, 3.63) is 76.6 Å². The average Bonchev–Trinajstić information content (AvgIpc) is 3.58. The van der Waals surface area contributed by atoms with Gasteiger partial charge in [0.15, 0.2) is 0 Å². The number of methoxy groups -OCH3 is 1. The Kier molecular flexibility index (Phi) is 8.10. The molecule has 1 atom stereocenters. The molecule has 0 spiro atoms. The van der Waals surface area contributed by atoms with Crippen molar-refractivity contribution < 1.29 is 37.0 Å². The highest BCUT2D eigenvalue weighted by Gasteiger charge is 2.31. The number of rotatable bonds is 10. The fourth-order valence-corrected chi connectivity index (χ4v) is 4.54. The highest BCUT2D eigenvalue weighted by molar-refractivity contribution is 7.09. The summed E-state index contributed by atoms with van der Waals surface area (Å²) >= 11 is 1.16. The molecule has 1 amide bonds. The molecular weight excluding hydrogens is 523 g/mol. The Morgan fingerprint density at radius 1 is 1.18 bits per heavy atom. The van der Waals surface area contributed by atoms with Gasteiger partial charge in [-0.05, 0) is 35.9 Å². The van der Waals surface area contributed by atoms with Crippen LogP contribution in [0.5, 0.6) is 5.88 Å². The molecule has 0 aliphatic rings. The second-order valence-electron chi connectivity index (χ2n) is 8.27. The number of furan rings is 1. The maximum Gasteiger partial charge on any atom is 0.416 e. The van der Waals surface area contributed by atoms with Gasteiger partial charge in [-0.15, -0.1) is 11.3 Å². The van der Waals surface area contributed by atoms with Crippen LogP contribution >= 0.6 is 11.3 Å². The smallest absolute Gasteiger partial charge is 0.416 e. The van der Waals surface area contributed by atoms with Crippen molar-refractivity contribution in [1.82, 2.24) is 15.3 Å². The highest BCUT2D eigenvalue weighted by atomic mass is 32.1. The number of carbonyl (C=O) groups excluding carboxylic acids is 1. The molecule has 1 aromatic carbocycles. The lowest BCUT2D eigenvalue weighted by Crippen LogP contribution is -2.33. The van der Waals surface area contributed by atoms with Crippen molar-refractivity contribution >= 4 is 23.2 Å². The Balaban J connectivity index is 1.56. The molecule has 38 heavy (non-hydrogen) atoms. The fraction of sp³-hybridized carbons (Fsp3) is 0.231. The van der Waals surface area contributed by atoms with Crippen LogP contribution < -0.4 is 10.1 Å². The van der Waals surface area contributed by atoms with E-state index < -0.39 is 29.5 Å². The van der Waals surface area contributed by atoms with E-state index in [0.717, 1.165) is 23.5 Å². The lowest BCUT2D eigenvalue weighted by molar-refractivity contribution is -0.141. The molecule has 0 saturated heterocycles. The summed E-state index contributed by atoms with van der Waals surface area (Å²) in [7, 11) is 1.46. The van der Waals surface area contributed by atoms with E-state index in [0.29, 0.717) is 33.5 Å². The number of carboxylic acids is 1. The molecule has 2 N–H and O–H groups in total. The third-order valence-electron chi connectivity index (χ3n) is 5.66. The number of carboxylic acid groups (broad SMARTS) is 1. The van der Waals surface area contributed by atoms with Crippen LogP contribution in [0.3, 0.4) is 0 Å². The lowest BCUT2D eigenvalue weighted by Gasteiger charge is -2.13. The number of carbonyl (C=O) groups is 2. The van der Waals surface area contributed by atoms with E-state index in [-0.39, 0.29) is 24.9 Å². The van der Waals surface area contributed by atoms with E-state index in [1.54, 1.807) is 29.6 Å². The van der Waals surface area contributed by atoms with Crippen LogP contribution in [0.15, 0.2) is 64.7 Å². The Morgan fingerprint density at radius 2 is 2.00 bits per heavy atom. The van der Waals surface area contributed by atoms with Gasteiger partial charge in [-0.2, -0.15) is 13.2 Å². The molecule has 0 radical (unpaired) electrons. The molecule has 4 aromatic rings. The normalized spacial score (nSPS) is 12.2. The molecule has 0 saturated carbocycles. The number of benzene rings is 1. The number of aromatic nitrogens is 2. The minimum atomic E-state index is -4.55. The molecule has 0 aliphatic heterocycles. The van der Waals surface area contributed by atoms with Crippen molar-refractivity contribution in [1.29, 1.82) is 0 Å². The molecule has 3 aromatic heterocycles. The predicted octanol–water partition coefficient (Wildman–Crippen LogP) is 5.44. The molecule has 12 heteroatoms. The lowest BCUT2D eigenvalue weighted by atomic mass is 9.96. The standard InChI is InChI=1S/C26H22F3N3O5S/c1-36-22-7-4-15(12-30-22)19-6-5-17(26(27,28)29)11-20(19)21-14-38-23(32-21)13-31-25(35)16(10-24(33)34)9-18-3-2-8-37-18/h2-8,11-12,14,16H,9-10,13H2,1H3,(H,31,35)(H,33,34)/t16-/m1/s1. The Bertz CT molecular complexity index is 1400. The van der Waals surface area contributed by atoms with Crippen molar-refractivity contribution in [2.75, 3.05) is 7.11 Å². The van der Waals surface area contributed by atoms with Gasteiger partial charge in [0, 0.05) is 35.2 Å². The molecule has 0 bridgehead atoms. The number of pyridine rings is 1. The van der Waals surface area contributed by atoms with Gasteiger partial charge in [-0.25, -0.2) is 9.97 Å². The summed E-state index contributed by atoms with van der Waals surface area (Å²) in [6.45, 7) is -0.0177. The first-order valence-corrected chi connectivity index (χ1v) is 12.2. The summed E-state index contributed by atoms with van der Waals surface area (Å²) in [6.07, 6.45) is -1.89. The summed E-state index contributed by atoms with van der Waals surface area (Å²) < 4.78 is 50.8. The van der Waals surface area contributed by atoms with Crippen LogP contribution in [0.2, 0.25) is 0 Å². The fourth-order valence-electron chi connectivity index (χ4n) is 3.81. The van der Waals surface area contributed by atoms with Gasteiger partial charge in [-0.3, -0.25) is 9.59 Å². The minimum Gasteiger partial charge on any atom is -0.481 e. The summed E-state index contributed by atoms with van der Waals surface area (Å²) in [5.41, 5.74) is 0.798. The molecular formula is C26H22F3N3O5S. The molecule has 0 aliphatic carbocycles. The van der Waals surface area contributed by atoms with Crippen molar-refractivity contribution in [2.24, 2.45) is 5.92 Å². The van der Waals surface area contributed by atoms with Gasteiger partial charge in [-0.1, -0.05) is 6.07 Å². The first-order valence-electron chi connectivity index (χ1n) is 11.3. The van der Waals surface area contributed by atoms with Crippen LogP contribution in [0.4, 0.5) is 13.2 Å². The largest absolute Gasteiger partial charge is 0.481 e. The Hall–Kier alpha value is -4.19. The van der Waals surface area contributed by atoms with Gasteiger partial charge in [0.25, 0.3) is 0 Å². The van der Waals surface area contributed by atoms with E-state index in [1.807, 2.05) is 0 Å². The van der Waals surface area contributed by atoms with E-state index in [2.05, 4.69) is 15.3 Å². The monoisotopic (exact) mass is 545 g/mol. The van der Waals surface area contributed by atoms with E-state index in [4.69, 9.17) is 9.15 Å². The first kappa shape index (κ1) is 26.9. The number of alkyl halides is 3. The van der Waals surface area contributed by atoms with E-state index in [9.17, 15) is 27.9 Å². The summed E-state index contributed by atoms with van der Waals surface area (Å²) in [5.74, 6) is -1.64. The number of ether oxygens (including phenoxy) is 1. The van der Waals surface area contributed by atoms with Crippen molar-refractivity contribution in [3.63, 3.8) is 0 Å². The SMILES string of the molecule is COc1ccc(-c2ccc(C(F)(F)F)cc2-c2csc(CNC(=O)[C@@H](CC(=O)O)Cc3ccco3)n2)cn1. The van der Waals surface area contributed by atoms with E-state index >= 15 is 0 Å². The quantitative estimate of drug-likeness (QED) is 0.273. The zero-order valence-corrected chi connectivity index (χ0v) is 20.8. The maximum atomic E-state index is 13.5. The zero-order chi connectivity index (χ0) is 27.3. The van der Waals surface area contributed by atoms with E-state index in [1.165, 1.54) is 25.6 Å². The number of nitrogens with one attached hydrogen (secondary N) is 1. The molecule has 3 heterocycles. The number of aliphatic carboxylic acids is 1. The van der Waals surface area contributed by atoms with Crippen LogP contribution in [-0.4, -0.2) is 34.1 Å². The number of hydrogen-bond acceptors (Lipinski definition) is 7. The Labute approximate surface area is 219 Å². The van der Waals surface area contributed by atoms with Gasteiger partial charge in [0.1, 0.15) is 10.8 Å². The molecule has 0 fully saturated rings. The zero-order valence-electron chi connectivity index (χ0n) is 20.0. The van der Waals surface area contributed by atoms with Crippen molar-refractivity contribution in [2.45, 2.75) is 25.6 Å². The van der Waals surface area contributed by atoms with Crippen LogP contribution in [0.25, 0.3) is 22.4 Å². The molecule has 8 nitrogen and oxygen atoms in total. The first-order chi connectivity index (χ1) is 18.1. The summed E-state index contributed by atoms with van der Waals surface area (Å²) in [5, 5.41) is 13.9. The summed E-state index contributed by atoms with van der Waals surface area (Å²) in [6, 6.07) is 9.99. The number of amides is 1. The van der Waals surface area contributed by atoms with Gasteiger partial charge in [0.2, 0.25) is 11.8 Å². The van der Waals surface area contributed by atoms with Gasteiger partial charge >= 0.3 is 12.1 Å². The van der Waals surface area contributed by atoms with Crippen molar-refractivity contribution in [3.8, 4) is 28.3 Å². The van der Waals surface area contributed by atoms with Gasteiger partial charge < -0.3 is 19.6 Å². The summed E-state index contributed by atoms with van der Waals surface area (Å²) in [4.78, 5) is 32.6. The minimum absolute atomic E-state index is 0.0177.